The minimum atomic E-state index is -0.564. The summed E-state index contributed by atoms with van der Waals surface area (Å²) in [6, 6.07) is 7.54. The predicted octanol–water partition coefficient (Wildman–Crippen LogP) is 4.17. The highest BCUT2D eigenvalue weighted by atomic mass is 79.9. The van der Waals surface area contributed by atoms with Crippen molar-refractivity contribution in [2.24, 2.45) is 16.2 Å². The van der Waals surface area contributed by atoms with Crippen LogP contribution in [0.3, 0.4) is 0 Å². The highest BCUT2D eigenvalue weighted by Crippen LogP contribution is 2.70. The van der Waals surface area contributed by atoms with E-state index in [-0.39, 0.29) is 22.5 Å². The average Bonchev–Trinajstić information content (AvgIpc) is 2.72. The number of fused-ring (bicyclic) bond motifs is 2. The number of nitrogens with one attached hydrogen (secondary N) is 1. The molecule has 2 saturated carbocycles. The number of benzene rings is 1. The molecule has 0 saturated heterocycles. The standard InChI is InChI=1S/C17H20BrNO2/c1-15(2)16(3)8-9-17(15,10-13(16)20)14(21)19-12-6-4-11(18)5-7-12/h4-7H,8-10H2,1-3H3,(H,19,21)/t16-,17-/m0/s1. The lowest BCUT2D eigenvalue weighted by Crippen LogP contribution is -2.43. The molecule has 4 heteroatoms. The van der Waals surface area contributed by atoms with E-state index in [4.69, 9.17) is 0 Å². The van der Waals surface area contributed by atoms with Gasteiger partial charge in [0.1, 0.15) is 5.78 Å². The van der Waals surface area contributed by atoms with E-state index < -0.39 is 5.41 Å². The number of carbonyl (C=O) groups is 2. The lowest BCUT2D eigenvalue weighted by Gasteiger charge is -2.38. The van der Waals surface area contributed by atoms with Crippen molar-refractivity contribution in [3.63, 3.8) is 0 Å². The Labute approximate surface area is 133 Å². The normalized spacial score (nSPS) is 33.2. The molecule has 2 aliphatic carbocycles. The van der Waals surface area contributed by atoms with Crippen molar-refractivity contribution in [1.29, 1.82) is 0 Å². The Morgan fingerprint density at radius 3 is 2.24 bits per heavy atom. The number of ketones is 1. The number of amides is 1. The number of rotatable bonds is 2. The number of hydrogen-bond acceptors (Lipinski definition) is 2. The second kappa shape index (κ2) is 4.42. The van der Waals surface area contributed by atoms with Crippen molar-refractivity contribution in [3.05, 3.63) is 28.7 Å². The first kappa shape index (κ1) is 14.8. The van der Waals surface area contributed by atoms with Gasteiger partial charge in [0.25, 0.3) is 0 Å². The molecule has 112 valence electrons. The highest BCUT2D eigenvalue weighted by molar-refractivity contribution is 9.10. The molecule has 0 unspecified atom stereocenters. The summed E-state index contributed by atoms with van der Waals surface area (Å²) in [4.78, 5) is 25.3. The van der Waals surface area contributed by atoms with Crippen LogP contribution >= 0.6 is 15.9 Å². The zero-order valence-corrected chi connectivity index (χ0v) is 14.2. The van der Waals surface area contributed by atoms with E-state index in [1.807, 2.05) is 31.2 Å². The minimum Gasteiger partial charge on any atom is -0.326 e. The molecule has 1 N–H and O–H groups in total. The molecule has 0 aliphatic heterocycles. The fourth-order valence-corrected chi connectivity index (χ4v) is 4.41. The van der Waals surface area contributed by atoms with Crippen LogP contribution in [-0.4, -0.2) is 11.7 Å². The van der Waals surface area contributed by atoms with Crippen LogP contribution in [-0.2, 0) is 9.59 Å². The molecule has 3 nitrogen and oxygen atoms in total. The van der Waals surface area contributed by atoms with Gasteiger partial charge in [-0.05, 0) is 42.5 Å². The number of anilines is 1. The molecule has 1 aromatic carbocycles. The highest BCUT2D eigenvalue weighted by Gasteiger charge is 2.72. The molecular formula is C17H20BrNO2. The zero-order valence-electron chi connectivity index (χ0n) is 12.6. The summed E-state index contributed by atoms with van der Waals surface area (Å²) in [6.45, 7) is 6.18. The Kier molecular flexibility index (Phi) is 3.11. The summed E-state index contributed by atoms with van der Waals surface area (Å²) in [5, 5.41) is 3.01. The molecule has 0 heterocycles. The van der Waals surface area contributed by atoms with Gasteiger partial charge in [-0.3, -0.25) is 9.59 Å². The van der Waals surface area contributed by atoms with Crippen LogP contribution in [0.5, 0.6) is 0 Å². The second-order valence-electron chi connectivity index (χ2n) is 7.10. The Balaban J connectivity index is 1.91. The van der Waals surface area contributed by atoms with Gasteiger partial charge in [-0.1, -0.05) is 36.7 Å². The van der Waals surface area contributed by atoms with Crippen LogP contribution in [0.4, 0.5) is 5.69 Å². The Morgan fingerprint density at radius 2 is 1.76 bits per heavy atom. The summed E-state index contributed by atoms with van der Waals surface area (Å²) in [5.74, 6) is 0.231. The molecule has 2 bridgehead atoms. The van der Waals surface area contributed by atoms with Crippen molar-refractivity contribution >= 4 is 33.3 Å². The largest absolute Gasteiger partial charge is 0.326 e. The molecule has 2 aliphatic rings. The molecular weight excluding hydrogens is 330 g/mol. The van der Waals surface area contributed by atoms with Gasteiger partial charge in [-0.2, -0.15) is 0 Å². The van der Waals surface area contributed by atoms with Gasteiger partial charge in [0, 0.05) is 22.0 Å². The average molecular weight is 350 g/mol. The maximum Gasteiger partial charge on any atom is 0.231 e. The first-order valence-electron chi connectivity index (χ1n) is 7.33. The van der Waals surface area contributed by atoms with E-state index in [2.05, 4.69) is 35.1 Å². The van der Waals surface area contributed by atoms with Gasteiger partial charge < -0.3 is 5.32 Å². The summed E-state index contributed by atoms with van der Waals surface area (Å²) in [5.41, 5.74) is -0.437. The van der Waals surface area contributed by atoms with Crippen molar-refractivity contribution < 1.29 is 9.59 Å². The quantitative estimate of drug-likeness (QED) is 0.870. The molecule has 21 heavy (non-hydrogen) atoms. The Bertz CT molecular complexity index is 622. The van der Waals surface area contributed by atoms with Crippen molar-refractivity contribution in [2.75, 3.05) is 5.32 Å². The van der Waals surface area contributed by atoms with Crippen LogP contribution in [0, 0.1) is 16.2 Å². The van der Waals surface area contributed by atoms with E-state index in [1.165, 1.54) is 0 Å². The SMILES string of the molecule is CC1(C)[C@@]2(C(=O)Nc3ccc(Br)cc3)CC[C@@]1(C)C(=O)C2. The maximum absolute atomic E-state index is 12.9. The lowest BCUT2D eigenvalue weighted by atomic mass is 9.64. The zero-order chi connectivity index (χ0) is 15.5. The van der Waals surface area contributed by atoms with E-state index in [0.29, 0.717) is 6.42 Å². The van der Waals surface area contributed by atoms with Crippen LogP contribution in [0.1, 0.15) is 40.0 Å². The van der Waals surface area contributed by atoms with E-state index in [0.717, 1.165) is 23.0 Å². The van der Waals surface area contributed by atoms with Gasteiger partial charge in [-0.15, -0.1) is 0 Å². The molecule has 3 rings (SSSR count). The molecule has 0 radical (unpaired) electrons. The van der Waals surface area contributed by atoms with E-state index >= 15 is 0 Å². The van der Waals surface area contributed by atoms with Crippen LogP contribution in [0.25, 0.3) is 0 Å². The summed E-state index contributed by atoms with van der Waals surface area (Å²) in [7, 11) is 0. The molecule has 0 spiro atoms. The Hall–Kier alpha value is -1.16. The van der Waals surface area contributed by atoms with Gasteiger partial charge in [0.2, 0.25) is 5.91 Å². The van der Waals surface area contributed by atoms with Gasteiger partial charge in [0.05, 0.1) is 5.41 Å². The number of halogens is 1. The fourth-order valence-electron chi connectivity index (χ4n) is 4.14. The van der Waals surface area contributed by atoms with E-state index in [9.17, 15) is 9.59 Å². The number of carbonyl (C=O) groups excluding carboxylic acids is 2. The number of hydrogen-bond donors (Lipinski definition) is 1. The molecule has 1 amide bonds. The molecule has 2 atom stereocenters. The van der Waals surface area contributed by atoms with Gasteiger partial charge >= 0.3 is 0 Å². The minimum absolute atomic E-state index is 0.00982. The lowest BCUT2D eigenvalue weighted by molar-refractivity contribution is -0.131. The topological polar surface area (TPSA) is 46.2 Å². The second-order valence-corrected chi connectivity index (χ2v) is 8.02. The van der Waals surface area contributed by atoms with Crippen molar-refractivity contribution in [3.8, 4) is 0 Å². The van der Waals surface area contributed by atoms with E-state index in [1.54, 1.807) is 0 Å². The summed E-state index contributed by atoms with van der Waals surface area (Å²) in [6.07, 6.45) is 1.98. The van der Waals surface area contributed by atoms with Crippen molar-refractivity contribution in [2.45, 2.75) is 40.0 Å². The third kappa shape index (κ3) is 1.78. The summed E-state index contributed by atoms with van der Waals surface area (Å²) >= 11 is 3.38. The third-order valence-corrected chi connectivity index (χ3v) is 6.77. The fraction of sp³-hybridized carbons (Fsp3) is 0.529. The molecule has 1 aromatic rings. The van der Waals surface area contributed by atoms with Crippen LogP contribution in [0.2, 0.25) is 0 Å². The van der Waals surface area contributed by atoms with Gasteiger partial charge in [0.15, 0.2) is 0 Å². The first-order chi connectivity index (χ1) is 9.73. The van der Waals surface area contributed by atoms with Crippen LogP contribution in [0.15, 0.2) is 28.7 Å². The molecule has 2 fully saturated rings. The number of Topliss-reactive ketones (excluding diaryl/α,β-unsaturated/α-hetero) is 1. The summed E-state index contributed by atoms with van der Waals surface area (Å²) < 4.78 is 0.975. The predicted molar refractivity (Wildman–Crippen MR) is 86.0 cm³/mol. The molecule has 0 aromatic heterocycles. The van der Waals surface area contributed by atoms with Crippen LogP contribution < -0.4 is 5.32 Å². The maximum atomic E-state index is 12.9. The Morgan fingerprint density at radius 1 is 1.14 bits per heavy atom. The van der Waals surface area contributed by atoms with Crippen molar-refractivity contribution in [1.82, 2.24) is 0 Å². The van der Waals surface area contributed by atoms with Gasteiger partial charge in [-0.25, -0.2) is 0 Å². The smallest absolute Gasteiger partial charge is 0.231 e. The third-order valence-electron chi connectivity index (χ3n) is 6.24. The first-order valence-corrected chi connectivity index (χ1v) is 8.13. The monoisotopic (exact) mass is 349 g/mol.